The summed E-state index contributed by atoms with van der Waals surface area (Å²) in [5, 5.41) is 0. The highest BCUT2D eigenvalue weighted by atomic mass is 16.2. The van der Waals surface area contributed by atoms with Crippen molar-refractivity contribution >= 4 is 11.8 Å². The third-order valence-corrected chi connectivity index (χ3v) is 3.73. The van der Waals surface area contributed by atoms with Crippen LogP contribution in [-0.4, -0.2) is 46.3 Å². The van der Waals surface area contributed by atoms with Crippen LogP contribution in [0.4, 0.5) is 0 Å². The monoisotopic (exact) mass is 238 g/mol. The van der Waals surface area contributed by atoms with Crippen LogP contribution in [0, 0.1) is 0 Å². The molecule has 2 saturated heterocycles. The normalized spacial score (nSPS) is 26.9. The minimum atomic E-state index is -0.196. The van der Waals surface area contributed by atoms with E-state index < -0.39 is 0 Å². The van der Waals surface area contributed by atoms with E-state index in [9.17, 15) is 9.59 Å². The molecule has 2 aliphatic heterocycles. The SMILES string of the molecule is CC(C)(C)N1CCC(=O)N2CCCCC2C1=O. The quantitative estimate of drug-likeness (QED) is 0.640. The highest BCUT2D eigenvalue weighted by molar-refractivity contribution is 5.90. The van der Waals surface area contributed by atoms with Gasteiger partial charge in [0, 0.05) is 25.0 Å². The Morgan fingerprint density at radius 3 is 2.47 bits per heavy atom. The van der Waals surface area contributed by atoms with Crippen molar-refractivity contribution in [2.24, 2.45) is 0 Å². The van der Waals surface area contributed by atoms with Gasteiger partial charge in [0.2, 0.25) is 11.8 Å². The smallest absolute Gasteiger partial charge is 0.245 e. The van der Waals surface area contributed by atoms with Crippen LogP contribution in [0.25, 0.3) is 0 Å². The molecule has 17 heavy (non-hydrogen) atoms. The van der Waals surface area contributed by atoms with Crippen LogP contribution >= 0.6 is 0 Å². The van der Waals surface area contributed by atoms with Crippen molar-refractivity contribution in [3.8, 4) is 0 Å². The summed E-state index contributed by atoms with van der Waals surface area (Å²) in [6, 6.07) is -0.196. The molecule has 96 valence electrons. The molecule has 0 bridgehead atoms. The third kappa shape index (κ3) is 2.31. The van der Waals surface area contributed by atoms with E-state index in [1.807, 2.05) is 25.7 Å². The molecule has 2 amide bonds. The minimum absolute atomic E-state index is 0.142. The highest BCUT2D eigenvalue weighted by Gasteiger charge is 2.40. The Morgan fingerprint density at radius 1 is 1.12 bits per heavy atom. The molecule has 0 aromatic heterocycles. The summed E-state index contributed by atoms with van der Waals surface area (Å²) in [5.41, 5.74) is -0.190. The maximum atomic E-state index is 12.5. The first-order valence-electron chi connectivity index (χ1n) is 6.52. The maximum absolute atomic E-state index is 12.5. The van der Waals surface area contributed by atoms with Crippen molar-refractivity contribution in [1.29, 1.82) is 0 Å². The zero-order valence-electron chi connectivity index (χ0n) is 11.0. The van der Waals surface area contributed by atoms with Gasteiger partial charge in [0.1, 0.15) is 6.04 Å². The van der Waals surface area contributed by atoms with Gasteiger partial charge in [-0.1, -0.05) is 0 Å². The fourth-order valence-corrected chi connectivity index (χ4v) is 2.79. The van der Waals surface area contributed by atoms with E-state index in [0.29, 0.717) is 13.0 Å². The maximum Gasteiger partial charge on any atom is 0.245 e. The summed E-state index contributed by atoms with van der Waals surface area (Å²) in [6.07, 6.45) is 3.39. The molecular weight excluding hydrogens is 216 g/mol. The van der Waals surface area contributed by atoms with Gasteiger partial charge in [0.25, 0.3) is 0 Å². The van der Waals surface area contributed by atoms with Gasteiger partial charge in [-0.15, -0.1) is 0 Å². The molecule has 2 aliphatic rings. The lowest BCUT2D eigenvalue weighted by molar-refractivity contribution is -0.145. The molecule has 0 aliphatic carbocycles. The lowest BCUT2D eigenvalue weighted by Crippen LogP contribution is -2.54. The predicted molar refractivity (Wildman–Crippen MR) is 65.4 cm³/mol. The topological polar surface area (TPSA) is 40.6 Å². The number of carbonyl (C=O) groups excluding carboxylic acids is 2. The molecule has 0 saturated carbocycles. The molecule has 2 heterocycles. The summed E-state index contributed by atoms with van der Waals surface area (Å²) < 4.78 is 0. The van der Waals surface area contributed by atoms with Crippen molar-refractivity contribution in [2.75, 3.05) is 13.1 Å². The third-order valence-electron chi connectivity index (χ3n) is 3.73. The standard InChI is InChI=1S/C13H22N2O2/c1-13(2,3)15-9-7-11(16)14-8-5-4-6-10(14)12(15)17/h10H,4-9H2,1-3H3. The van der Waals surface area contributed by atoms with Gasteiger partial charge in [-0.2, -0.15) is 0 Å². The van der Waals surface area contributed by atoms with Gasteiger partial charge >= 0.3 is 0 Å². The van der Waals surface area contributed by atoms with Crippen LogP contribution in [0.1, 0.15) is 46.5 Å². The lowest BCUT2D eigenvalue weighted by Gasteiger charge is -2.39. The van der Waals surface area contributed by atoms with Crippen molar-refractivity contribution in [3.05, 3.63) is 0 Å². The first-order valence-corrected chi connectivity index (χ1v) is 6.52. The van der Waals surface area contributed by atoms with Crippen LogP contribution in [0.5, 0.6) is 0 Å². The van der Waals surface area contributed by atoms with Gasteiger partial charge < -0.3 is 9.80 Å². The number of rotatable bonds is 0. The molecule has 0 spiro atoms. The van der Waals surface area contributed by atoms with Crippen molar-refractivity contribution in [3.63, 3.8) is 0 Å². The Bertz CT molecular complexity index is 333. The number of piperidine rings is 1. The van der Waals surface area contributed by atoms with E-state index in [-0.39, 0.29) is 23.4 Å². The van der Waals surface area contributed by atoms with Gasteiger partial charge in [0.05, 0.1) is 0 Å². The molecule has 0 aromatic rings. The van der Waals surface area contributed by atoms with Crippen LogP contribution < -0.4 is 0 Å². The Labute approximate surface area is 103 Å². The second-order valence-corrected chi connectivity index (χ2v) is 6.01. The average Bonchev–Trinajstić information content (AvgIpc) is 2.38. The Hall–Kier alpha value is -1.06. The summed E-state index contributed by atoms with van der Waals surface area (Å²) in [6.45, 7) is 7.43. The predicted octanol–water partition coefficient (Wildman–Crippen LogP) is 1.40. The van der Waals surface area contributed by atoms with Crippen molar-refractivity contribution in [1.82, 2.24) is 9.80 Å². The first kappa shape index (κ1) is 12.4. The second-order valence-electron chi connectivity index (χ2n) is 6.01. The molecule has 0 N–H and O–H groups in total. The number of nitrogens with zero attached hydrogens (tertiary/aromatic N) is 2. The second kappa shape index (κ2) is 4.31. The fourth-order valence-electron chi connectivity index (χ4n) is 2.79. The fraction of sp³-hybridized carbons (Fsp3) is 0.846. The first-order chi connectivity index (χ1) is 7.91. The number of fused-ring (bicyclic) bond motifs is 1. The van der Waals surface area contributed by atoms with E-state index in [1.54, 1.807) is 4.90 Å². The summed E-state index contributed by atoms with van der Waals surface area (Å²) in [7, 11) is 0. The number of carbonyl (C=O) groups is 2. The largest absolute Gasteiger partial charge is 0.336 e. The summed E-state index contributed by atoms with van der Waals surface area (Å²) in [5.74, 6) is 0.290. The number of hydrogen-bond donors (Lipinski definition) is 0. The Kier molecular flexibility index (Phi) is 3.15. The molecule has 2 rings (SSSR count). The minimum Gasteiger partial charge on any atom is -0.336 e. The number of amides is 2. The van der Waals surface area contributed by atoms with Crippen molar-refractivity contribution in [2.45, 2.75) is 58.0 Å². The zero-order valence-corrected chi connectivity index (χ0v) is 11.0. The molecule has 2 fully saturated rings. The van der Waals surface area contributed by atoms with E-state index in [0.717, 1.165) is 25.8 Å². The molecule has 1 unspecified atom stereocenters. The van der Waals surface area contributed by atoms with Crippen molar-refractivity contribution < 1.29 is 9.59 Å². The van der Waals surface area contributed by atoms with Crippen LogP contribution in [0.2, 0.25) is 0 Å². The molecule has 0 aromatic carbocycles. The molecule has 0 radical (unpaired) electrons. The zero-order chi connectivity index (χ0) is 12.6. The molecule has 4 nitrogen and oxygen atoms in total. The van der Waals surface area contributed by atoms with E-state index in [1.165, 1.54) is 0 Å². The molecule has 4 heteroatoms. The van der Waals surface area contributed by atoms with Gasteiger partial charge in [-0.05, 0) is 40.0 Å². The summed E-state index contributed by atoms with van der Waals surface area (Å²) in [4.78, 5) is 28.2. The van der Waals surface area contributed by atoms with E-state index >= 15 is 0 Å². The average molecular weight is 238 g/mol. The summed E-state index contributed by atoms with van der Waals surface area (Å²) >= 11 is 0. The Balaban J connectivity index is 2.26. The Morgan fingerprint density at radius 2 is 1.82 bits per heavy atom. The van der Waals surface area contributed by atoms with Crippen LogP contribution in [-0.2, 0) is 9.59 Å². The molecular formula is C13H22N2O2. The van der Waals surface area contributed by atoms with Crippen LogP contribution in [0.15, 0.2) is 0 Å². The van der Waals surface area contributed by atoms with Gasteiger partial charge in [-0.3, -0.25) is 9.59 Å². The van der Waals surface area contributed by atoms with Gasteiger partial charge in [0.15, 0.2) is 0 Å². The van der Waals surface area contributed by atoms with E-state index in [4.69, 9.17) is 0 Å². The van der Waals surface area contributed by atoms with Gasteiger partial charge in [-0.25, -0.2) is 0 Å². The molecule has 1 atom stereocenters. The van der Waals surface area contributed by atoms with E-state index in [2.05, 4.69) is 0 Å². The van der Waals surface area contributed by atoms with Crippen LogP contribution in [0.3, 0.4) is 0 Å². The number of hydrogen-bond acceptors (Lipinski definition) is 2. The highest BCUT2D eigenvalue weighted by Crippen LogP contribution is 2.26. The lowest BCUT2D eigenvalue weighted by atomic mass is 9.99.